The molecule has 0 aromatic heterocycles. The largest absolute Gasteiger partial charge is 0.339 e. The van der Waals surface area contributed by atoms with Crippen molar-refractivity contribution in [2.45, 2.75) is 39.3 Å². The minimum absolute atomic E-state index is 0.0139. The number of hydrogen-bond acceptors (Lipinski definition) is 4. The molecule has 2 aliphatic heterocycles. The first-order valence-corrected chi connectivity index (χ1v) is 11.0. The standard InChI is InChI=1S/C19H26N2O4S/c1-3-21(17-7-8-26(24,25)13-17)19(23)16-10-18(22)20(12-16)11-15-6-4-5-14(2)9-15/h4-6,9,16-17H,3,7-8,10-13H2,1-2H3. The number of benzene rings is 1. The second-order valence-electron chi connectivity index (χ2n) is 7.35. The summed E-state index contributed by atoms with van der Waals surface area (Å²) in [7, 11) is -3.05. The molecule has 7 heteroatoms. The minimum atomic E-state index is -3.05. The number of aryl methyl sites for hydroxylation is 1. The third-order valence-corrected chi connectivity index (χ3v) is 7.04. The van der Waals surface area contributed by atoms with E-state index in [1.165, 1.54) is 0 Å². The first kappa shape index (κ1) is 18.9. The molecule has 2 fully saturated rings. The average molecular weight is 378 g/mol. The zero-order valence-electron chi connectivity index (χ0n) is 15.3. The predicted molar refractivity (Wildman–Crippen MR) is 99.1 cm³/mol. The number of nitrogens with zero attached hydrogens (tertiary/aromatic N) is 2. The number of carbonyl (C=O) groups excluding carboxylic acids is 2. The summed E-state index contributed by atoms with van der Waals surface area (Å²) in [5, 5.41) is 0. The lowest BCUT2D eigenvalue weighted by Crippen LogP contribution is -2.44. The molecule has 2 amide bonds. The van der Waals surface area contributed by atoms with Crippen molar-refractivity contribution in [2.75, 3.05) is 24.6 Å². The van der Waals surface area contributed by atoms with Gasteiger partial charge >= 0.3 is 0 Å². The zero-order valence-corrected chi connectivity index (χ0v) is 16.2. The summed E-state index contributed by atoms with van der Waals surface area (Å²) in [6.45, 7) is 5.26. The van der Waals surface area contributed by atoms with Crippen LogP contribution >= 0.6 is 0 Å². The average Bonchev–Trinajstić information content (AvgIpc) is 3.11. The van der Waals surface area contributed by atoms with Gasteiger partial charge in [-0.1, -0.05) is 29.8 Å². The summed E-state index contributed by atoms with van der Waals surface area (Å²) in [4.78, 5) is 28.7. The van der Waals surface area contributed by atoms with E-state index in [4.69, 9.17) is 0 Å². The maximum atomic E-state index is 12.9. The third kappa shape index (κ3) is 4.09. The van der Waals surface area contributed by atoms with Crippen molar-refractivity contribution in [1.82, 2.24) is 9.80 Å². The molecule has 6 nitrogen and oxygen atoms in total. The van der Waals surface area contributed by atoms with Crippen LogP contribution in [0.4, 0.5) is 0 Å². The Hall–Kier alpha value is -1.89. The maximum absolute atomic E-state index is 12.9. The molecule has 0 spiro atoms. The number of hydrogen-bond donors (Lipinski definition) is 0. The molecule has 2 atom stereocenters. The minimum Gasteiger partial charge on any atom is -0.339 e. The molecular weight excluding hydrogens is 352 g/mol. The van der Waals surface area contributed by atoms with Gasteiger partial charge in [0.15, 0.2) is 9.84 Å². The second-order valence-corrected chi connectivity index (χ2v) is 9.57. The van der Waals surface area contributed by atoms with Crippen LogP contribution in [-0.2, 0) is 26.0 Å². The normalized spacial score (nSPS) is 24.8. The molecule has 0 aliphatic carbocycles. The second kappa shape index (κ2) is 7.39. The summed E-state index contributed by atoms with van der Waals surface area (Å²) >= 11 is 0. The third-order valence-electron chi connectivity index (χ3n) is 5.29. The molecule has 26 heavy (non-hydrogen) atoms. The number of likely N-dealkylation sites (tertiary alicyclic amines) is 1. The number of carbonyl (C=O) groups is 2. The van der Waals surface area contributed by atoms with Gasteiger partial charge < -0.3 is 9.80 Å². The molecule has 2 unspecified atom stereocenters. The van der Waals surface area contributed by atoms with Gasteiger partial charge in [-0.3, -0.25) is 9.59 Å². The molecule has 0 radical (unpaired) electrons. The van der Waals surface area contributed by atoms with E-state index in [0.717, 1.165) is 11.1 Å². The Bertz CT molecular complexity index is 806. The fourth-order valence-electron chi connectivity index (χ4n) is 3.97. The van der Waals surface area contributed by atoms with E-state index in [0.29, 0.717) is 26.1 Å². The Morgan fingerprint density at radius 1 is 1.35 bits per heavy atom. The maximum Gasteiger partial charge on any atom is 0.228 e. The van der Waals surface area contributed by atoms with E-state index < -0.39 is 9.84 Å². The fraction of sp³-hybridized carbons (Fsp3) is 0.579. The molecule has 0 saturated carbocycles. The van der Waals surface area contributed by atoms with Crippen molar-refractivity contribution in [3.8, 4) is 0 Å². The van der Waals surface area contributed by atoms with Gasteiger partial charge in [0, 0.05) is 32.1 Å². The zero-order chi connectivity index (χ0) is 18.9. The van der Waals surface area contributed by atoms with Gasteiger partial charge in [-0.25, -0.2) is 8.42 Å². The van der Waals surface area contributed by atoms with Crippen LogP contribution in [0.25, 0.3) is 0 Å². The highest BCUT2D eigenvalue weighted by atomic mass is 32.2. The molecule has 1 aromatic carbocycles. The fourth-order valence-corrected chi connectivity index (χ4v) is 5.70. The first-order valence-electron chi connectivity index (χ1n) is 9.13. The van der Waals surface area contributed by atoms with E-state index in [1.807, 2.05) is 38.1 Å². The first-order chi connectivity index (χ1) is 12.3. The van der Waals surface area contributed by atoms with E-state index >= 15 is 0 Å². The molecule has 2 aliphatic rings. The monoisotopic (exact) mass is 378 g/mol. The van der Waals surface area contributed by atoms with Crippen LogP contribution in [0, 0.1) is 12.8 Å². The quantitative estimate of drug-likeness (QED) is 0.776. The lowest BCUT2D eigenvalue weighted by atomic mass is 10.1. The van der Waals surface area contributed by atoms with Crippen molar-refractivity contribution >= 4 is 21.7 Å². The molecule has 0 N–H and O–H groups in total. The van der Waals surface area contributed by atoms with Gasteiger partial charge in [0.05, 0.1) is 17.4 Å². The smallest absolute Gasteiger partial charge is 0.228 e. The highest BCUT2D eigenvalue weighted by Gasteiger charge is 2.40. The van der Waals surface area contributed by atoms with Crippen LogP contribution < -0.4 is 0 Å². The van der Waals surface area contributed by atoms with Crippen molar-refractivity contribution in [1.29, 1.82) is 0 Å². The van der Waals surface area contributed by atoms with Crippen LogP contribution in [0.1, 0.15) is 30.9 Å². The summed E-state index contributed by atoms with van der Waals surface area (Å²) in [6, 6.07) is 7.75. The van der Waals surface area contributed by atoms with Crippen LogP contribution in [0.15, 0.2) is 24.3 Å². The Kier molecular flexibility index (Phi) is 5.37. The van der Waals surface area contributed by atoms with Crippen LogP contribution in [0.5, 0.6) is 0 Å². The Balaban J connectivity index is 1.66. The van der Waals surface area contributed by atoms with E-state index in [-0.39, 0.29) is 41.7 Å². The van der Waals surface area contributed by atoms with Crippen molar-refractivity contribution in [3.63, 3.8) is 0 Å². The lowest BCUT2D eigenvalue weighted by molar-refractivity contribution is -0.137. The van der Waals surface area contributed by atoms with Gasteiger partial charge in [-0.2, -0.15) is 0 Å². The van der Waals surface area contributed by atoms with Gasteiger partial charge in [0.1, 0.15) is 0 Å². The predicted octanol–water partition coefficient (Wildman–Crippen LogP) is 1.38. The number of amides is 2. The molecule has 3 rings (SSSR count). The van der Waals surface area contributed by atoms with Gasteiger partial charge in [-0.05, 0) is 25.8 Å². The van der Waals surface area contributed by atoms with Crippen molar-refractivity contribution in [2.24, 2.45) is 5.92 Å². The van der Waals surface area contributed by atoms with Gasteiger partial charge in [-0.15, -0.1) is 0 Å². The molecule has 2 heterocycles. The number of rotatable bonds is 5. The molecule has 0 bridgehead atoms. The van der Waals surface area contributed by atoms with Crippen molar-refractivity contribution in [3.05, 3.63) is 35.4 Å². The van der Waals surface area contributed by atoms with Crippen LogP contribution in [0.2, 0.25) is 0 Å². The molecular formula is C19H26N2O4S. The van der Waals surface area contributed by atoms with E-state index in [1.54, 1.807) is 9.80 Å². The summed E-state index contributed by atoms with van der Waals surface area (Å²) in [5.74, 6) is -0.296. The SMILES string of the molecule is CCN(C(=O)C1CC(=O)N(Cc2cccc(C)c2)C1)C1CCS(=O)(=O)C1. The Labute approximate surface area is 155 Å². The van der Waals surface area contributed by atoms with E-state index in [2.05, 4.69) is 0 Å². The van der Waals surface area contributed by atoms with Gasteiger partial charge in [0.2, 0.25) is 11.8 Å². The van der Waals surface area contributed by atoms with Crippen molar-refractivity contribution < 1.29 is 18.0 Å². The highest BCUT2D eigenvalue weighted by Crippen LogP contribution is 2.26. The Morgan fingerprint density at radius 2 is 2.12 bits per heavy atom. The lowest BCUT2D eigenvalue weighted by Gasteiger charge is -2.29. The Morgan fingerprint density at radius 3 is 2.73 bits per heavy atom. The molecule has 2 saturated heterocycles. The molecule has 142 valence electrons. The summed E-state index contributed by atoms with van der Waals surface area (Å²) in [5.41, 5.74) is 2.20. The highest BCUT2D eigenvalue weighted by molar-refractivity contribution is 7.91. The topological polar surface area (TPSA) is 74.8 Å². The summed E-state index contributed by atoms with van der Waals surface area (Å²) < 4.78 is 23.5. The van der Waals surface area contributed by atoms with E-state index in [9.17, 15) is 18.0 Å². The van der Waals surface area contributed by atoms with Crippen LogP contribution in [0.3, 0.4) is 0 Å². The number of sulfone groups is 1. The summed E-state index contributed by atoms with van der Waals surface area (Å²) in [6.07, 6.45) is 0.705. The molecule has 1 aromatic rings. The van der Waals surface area contributed by atoms with Gasteiger partial charge in [0.25, 0.3) is 0 Å². The van der Waals surface area contributed by atoms with Crippen LogP contribution in [-0.4, -0.2) is 60.7 Å².